The van der Waals surface area contributed by atoms with Crippen molar-refractivity contribution in [1.82, 2.24) is 5.32 Å². The fourth-order valence-electron chi connectivity index (χ4n) is 2.48. The normalized spacial score (nSPS) is 11.5. The highest BCUT2D eigenvalue weighted by atomic mass is 16.6. The largest absolute Gasteiger partial charge is 0.490 e. The van der Waals surface area contributed by atoms with Crippen LogP contribution in [0.4, 0.5) is 5.69 Å². The third kappa shape index (κ3) is 6.70. The zero-order valence-electron chi connectivity index (χ0n) is 15.4. The summed E-state index contributed by atoms with van der Waals surface area (Å²) in [5, 5.41) is 13.8. The Morgan fingerprint density at radius 3 is 2.58 bits per heavy atom. The monoisotopic (exact) mass is 366 g/mol. The molecule has 1 amide bonds. The lowest BCUT2D eigenvalue weighted by Crippen LogP contribution is -2.43. The minimum absolute atomic E-state index is 0.100. The van der Waals surface area contributed by atoms with Gasteiger partial charge in [0.1, 0.15) is 6.04 Å². The van der Waals surface area contributed by atoms with E-state index >= 15 is 0 Å². The number of carbonyl (C=O) groups excluding carboxylic acids is 2. The van der Waals surface area contributed by atoms with Gasteiger partial charge < -0.3 is 14.8 Å². The molecule has 1 atom stereocenters. The van der Waals surface area contributed by atoms with Crippen LogP contribution in [0.15, 0.2) is 18.2 Å². The number of methoxy groups -OCH3 is 1. The van der Waals surface area contributed by atoms with Crippen LogP contribution in [0.3, 0.4) is 0 Å². The number of carbonyl (C=O) groups is 2. The molecule has 1 aromatic carbocycles. The molecule has 0 saturated heterocycles. The minimum Gasteiger partial charge on any atom is -0.490 e. The summed E-state index contributed by atoms with van der Waals surface area (Å²) in [6, 6.07) is 3.55. The summed E-state index contributed by atoms with van der Waals surface area (Å²) in [5.41, 5.74) is 0.339. The van der Waals surface area contributed by atoms with E-state index < -0.39 is 16.9 Å². The Morgan fingerprint density at radius 1 is 1.27 bits per heavy atom. The first-order chi connectivity index (χ1) is 12.4. The van der Waals surface area contributed by atoms with Crippen LogP contribution in [0.2, 0.25) is 0 Å². The molecule has 0 spiro atoms. The van der Waals surface area contributed by atoms with Gasteiger partial charge >= 0.3 is 11.7 Å². The molecular formula is C18H26N2O6. The van der Waals surface area contributed by atoms with E-state index in [0.717, 1.165) is 19.3 Å². The predicted octanol–water partition coefficient (Wildman–Crippen LogP) is 2.77. The molecule has 26 heavy (non-hydrogen) atoms. The molecule has 1 rings (SSSR count). The van der Waals surface area contributed by atoms with Gasteiger partial charge in [-0.15, -0.1) is 0 Å². The number of hydrogen-bond acceptors (Lipinski definition) is 6. The molecule has 0 aliphatic heterocycles. The Labute approximate surface area is 153 Å². The maximum Gasteiger partial charge on any atom is 0.328 e. The molecule has 8 heteroatoms. The van der Waals surface area contributed by atoms with Gasteiger partial charge in [-0.25, -0.2) is 4.79 Å². The molecule has 1 aromatic rings. The van der Waals surface area contributed by atoms with Gasteiger partial charge in [0.2, 0.25) is 5.91 Å². The van der Waals surface area contributed by atoms with Crippen molar-refractivity contribution in [2.75, 3.05) is 13.7 Å². The van der Waals surface area contributed by atoms with Crippen LogP contribution < -0.4 is 10.1 Å². The number of nitrogens with one attached hydrogen (secondary N) is 1. The second kappa shape index (κ2) is 11.1. The van der Waals surface area contributed by atoms with Gasteiger partial charge in [-0.2, -0.15) is 0 Å². The number of amides is 1. The van der Waals surface area contributed by atoms with Crippen LogP contribution in [-0.4, -0.2) is 36.6 Å². The SMILES string of the molecule is CCCCCC(=O)N[C@@H](Cc1ccc(OC)c([N+](=O)[O-])c1)C(=O)OCC. The molecule has 1 N–H and O–H groups in total. The molecule has 0 unspecified atom stereocenters. The molecule has 0 aliphatic carbocycles. The van der Waals surface area contributed by atoms with Crippen molar-refractivity contribution < 1.29 is 24.0 Å². The second-order valence-electron chi connectivity index (χ2n) is 5.80. The summed E-state index contributed by atoms with van der Waals surface area (Å²) >= 11 is 0. The predicted molar refractivity (Wildman–Crippen MR) is 96.1 cm³/mol. The standard InChI is InChI=1S/C18H26N2O6/c1-4-6-7-8-17(21)19-14(18(22)26-5-2)11-13-9-10-16(25-3)15(12-13)20(23)24/h9-10,12,14H,4-8,11H2,1-3H3,(H,19,21)/t14-/m0/s1. The maximum atomic E-state index is 12.2. The number of hydrogen-bond donors (Lipinski definition) is 1. The molecule has 8 nitrogen and oxygen atoms in total. The van der Waals surface area contributed by atoms with E-state index in [4.69, 9.17) is 9.47 Å². The number of ether oxygens (including phenoxy) is 2. The van der Waals surface area contributed by atoms with Gasteiger partial charge in [0.25, 0.3) is 0 Å². The van der Waals surface area contributed by atoms with E-state index in [-0.39, 0.29) is 30.4 Å². The van der Waals surface area contributed by atoms with E-state index in [1.807, 2.05) is 6.92 Å². The minimum atomic E-state index is -0.892. The summed E-state index contributed by atoms with van der Waals surface area (Å²) < 4.78 is 9.98. The van der Waals surface area contributed by atoms with Gasteiger partial charge in [-0.05, 0) is 25.0 Å². The summed E-state index contributed by atoms with van der Waals surface area (Å²) in [4.78, 5) is 34.8. The number of esters is 1. The zero-order chi connectivity index (χ0) is 19.5. The molecule has 0 heterocycles. The Morgan fingerprint density at radius 2 is 2.00 bits per heavy atom. The van der Waals surface area contributed by atoms with Gasteiger partial charge in [0, 0.05) is 18.9 Å². The smallest absolute Gasteiger partial charge is 0.328 e. The molecular weight excluding hydrogens is 340 g/mol. The first-order valence-corrected chi connectivity index (χ1v) is 8.70. The second-order valence-corrected chi connectivity index (χ2v) is 5.80. The van der Waals surface area contributed by atoms with Crippen molar-refractivity contribution in [3.05, 3.63) is 33.9 Å². The van der Waals surface area contributed by atoms with Gasteiger partial charge in [0.15, 0.2) is 5.75 Å². The molecule has 144 valence electrons. The third-order valence-corrected chi connectivity index (χ3v) is 3.79. The summed E-state index contributed by atoms with van der Waals surface area (Å²) in [6.45, 7) is 3.90. The number of nitrogens with zero attached hydrogens (tertiary/aromatic N) is 1. The van der Waals surface area contributed by atoms with Crippen LogP contribution in [0.25, 0.3) is 0 Å². The van der Waals surface area contributed by atoms with Crippen molar-refractivity contribution >= 4 is 17.6 Å². The van der Waals surface area contributed by atoms with E-state index in [1.165, 1.54) is 19.2 Å². The lowest BCUT2D eigenvalue weighted by molar-refractivity contribution is -0.385. The van der Waals surface area contributed by atoms with E-state index in [1.54, 1.807) is 13.0 Å². The topological polar surface area (TPSA) is 108 Å². The van der Waals surface area contributed by atoms with Crippen molar-refractivity contribution in [2.24, 2.45) is 0 Å². The lowest BCUT2D eigenvalue weighted by atomic mass is 10.0. The molecule has 0 fully saturated rings. The van der Waals surface area contributed by atoms with Crippen LogP contribution in [-0.2, 0) is 20.7 Å². The number of rotatable bonds is 11. The summed E-state index contributed by atoms with van der Waals surface area (Å²) in [7, 11) is 1.35. The van der Waals surface area contributed by atoms with Crippen molar-refractivity contribution in [1.29, 1.82) is 0 Å². The molecule has 0 aromatic heterocycles. The summed E-state index contributed by atoms with van der Waals surface area (Å²) in [5.74, 6) is -0.663. The average Bonchev–Trinajstić information content (AvgIpc) is 2.61. The molecule has 0 bridgehead atoms. The molecule has 0 saturated carbocycles. The van der Waals surface area contributed by atoms with Crippen molar-refractivity contribution in [2.45, 2.75) is 52.0 Å². The maximum absolute atomic E-state index is 12.2. The Balaban J connectivity index is 2.91. The van der Waals surface area contributed by atoms with Crippen LogP contribution in [0.1, 0.15) is 45.1 Å². The third-order valence-electron chi connectivity index (χ3n) is 3.79. The number of nitro groups is 1. The highest BCUT2D eigenvalue weighted by molar-refractivity contribution is 5.84. The Hall–Kier alpha value is -2.64. The van der Waals surface area contributed by atoms with E-state index in [0.29, 0.717) is 12.0 Å². The first kappa shape index (κ1) is 21.4. The number of unbranched alkanes of at least 4 members (excludes halogenated alkanes) is 2. The summed E-state index contributed by atoms with van der Waals surface area (Å²) in [6.07, 6.45) is 3.09. The Bertz CT molecular complexity index is 632. The zero-order valence-corrected chi connectivity index (χ0v) is 15.4. The van der Waals surface area contributed by atoms with Crippen LogP contribution >= 0.6 is 0 Å². The number of benzene rings is 1. The van der Waals surface area contributed by atoms with E-state index in [9.17, 15) is 19.7 Å². The van der Waals surface area contributed by atoms with Gasteiger partial charge in [-0.1, -0.05) is 25.8 Å². The van der Waals surface area contributed by atoms with Crippen molar-refractivity contribution in [3.8, 4) is 5.75 Å². The quantitative estimate of drug-likeness (QED) is 0.279. The highest BCUT2D eigenvalue weighted by Crippen LogP contribution is 2.28. The lowest BCUT2D eigenvalue weighted by Gasteiger charge is -2.17. The molecule has 0 aliphatic rings. The van der Waals surface area contributed by atoms with Crippen LogP contribution in [0, 0.1) is 10.1 Å². The highest BCUT2D eigenvalue weighted by Gasteiger charge is 2.24. The number of nitro benzene ring substituents is 1. The van der Waals surface area contributed by atoms with Crippen LogP contribution in [0.5, 0.6) is 5.75 Å². The van der Waals surface area contributed by atoms with Gasteiger partial charge in [0.05, 0.1) is 18.6 Å². The van der Waals surface area contributed by atoms with Crippen molar-refractivity contribution in [3.63, 3.8) is 0 Å². The van der Waals surface area contributed by atoms with Gasteiger partial charge in [-0.3, -0.25) is 14.9 Å². The Kier molecular flexibility index (Phi) is 9.11. The average molecular weight is 366 g/mol. The fourth-order valence-corrected chi connectivity index (χ4v) is 2.48. The molecule has 0 radical (unpaired) electrons. The first-order valence-electron chi connectivity index (χ1n) is 8.70. The van der Waals surface area contributed by atoms with E-state index in [2.05, 4.69) is 5.32 Å². The fraction of sp³-hybridized carbons (Fsp3) is 0.556.